The molecule has 0 saturated carbocycles. The van der Waals surface area contributed by atoms with Crippen molar-refractivity contribution >= 4 is 0 Å². The number of hydrogen-bond donors (Lipinski definition) is 1. The van der Waals surface area contributed by atoms with Gasteiger partial charge in [-0.3, -0.25) is 4.90 Å². The third-order valence-corrected chi connectivity index (χ3v) is 4.58. The molecule has 2 heterocycles. The molecule has 0 amide bonds. The minimum Gasteiger partial charge on any atom is -0.496 e. The number of ether oxygens (including phenoxy) is 1. The Morgan fingerprint density at radius 3 is 3.15 bits per heavy atom. The van der Waals surface area contributed by atoms with Gasteiger partial charge in [-0.05, 0) is 50.0 Å². The summed E-state index contributed by atoms with van der Waals surface area (Å²) in [4.78, 5) is 2.55. The van der Waals surface area contributed by atoms with E-state index in [0.717, 1.165) is 43.4 Å². The Labute approximate surface area is 120 Å². The number of benzene rings is 1. The molecule has 2 atom stereocenters. The van der Waals surface area contributed by atoms with Gasteiger partial charge in [-0.1, -0.05) is 0 Å². The smallest absolute Gasteiger partial charge is 0.123 e. The molecule has 2 aliphatic rings. The van der Waals surface area contributed by atoms with Crippen molar-refractivity contribution in [1.29, 1.82) is 5.26 Å². The number of nitriles is 1. The van der Waals surface area contributed by atoms with Crippen molar-refractivity contribution in [3.63, 3.8) is 0 Å². The normalized spacial score (nSPS) is 26.0. The van der Waals surface area contributed by atoms with Gasteiger partial charge >= 0.3 is 0 Å². The third kappa shape index (κ3) is 2.52. The molecule has 0 spiro atoms. The maximum atomic E-state index is 9.07. The predicted molar refractivity (Wildman–Crippen MR) is 77.5 cm³/mol. The summed E-state index contributed by atoms with van der Waals surface area (Å²) in [5.74, 6) is 1.67. The number of piperidine rings is 1. The van der Waals surface area contributed by atoms with E-state index in [2.05, 4.69) is 16.3 Å². The quantitative estimate of drug-likeness (QED) is 0.910. The second-order valence-corrected chi connectivity index (χ2v) is 5.74. The van der Waals surface area contributed by atoms with Gasteiger partial charge < -0.3 is 10.1 Å². The number of nitrogens with zero attached hydrogens (tertiary/aromatic N) is 2. The van der Waals surface area contributed by atoms with Gasteiger partial charge in [0.15, 0.2) is 0 Å². The number of nitrogens with one attached hydrogen (secondary N) is 1. The molecule has 0 radical (unpaired) electrons. The summed E-state index contributed by atoms with van der Waals surface area (Å²) >= 11 is 0. The molecular formula is C16H21N3O. The molecule has 2 aliphatic heterocycles. The highest BCUT2D eigenvalue weighted by atomic mass is 16.5. The lowest BCUT2D eigenvalue weighted by Gasteiger charge is -2.37. The van der Waals surface area contributed by atoms with E-state index in [4.69, 9.17) is 10.00 Å². The summed E-state index contributed by atoms with van der Waals surface area (Å²) in [5, 5.41) is 12.6. The van der Waals surface area contributed by atoms with Crippen molar-refractivity contribution in [2.24, 2.45) is 5.92 Å². The fraction of sp³-hybridized carbons (Fsp3) is 0.562. The summed E-state index contributed by atoms with van der Waals surface area (Å²) in [6.45, 7) is 4.26. The molecule has 4 heteroatoms. The Balaban J connectivity index is 1.81. The lowest BCUT2D eigenvalue weighted by atomic mass is 9.91. The number of rotatable bonds is 3. The lowest BCUT2D eigenvalue weighted by Crippen LogP contribution is -2.44. The van der Waals surface area contributed by atoms with Crippen molar-refractivity contribution in [2.75, 3.05) is 26.7 Å². The zero-order chi connectivity index (χ0) is 13.9. The maximum absolute atomic E-state index is 9.07. The first-order valence-corrected chi connectivity index (χ1v) is 7.33. The molecule has 3 rings (SSSR count). The van der Waals surface area contributed by atoms with Gasteiger partial charge in [0.05, 0.1) is 18.7 Å². The summed E-state index contributed by atoms with van der Waals surface area (Å²) < 4.78 is 5.45. The Bertz CT molecular complexity index is 523. The van der Waals surface area contributed by atoms with E-state index < -0.39 is 0 Å². The third-order valence-electron chi connectivity index (χ3n) is 4.58. The van der Waals surface area contributed by atoms with E-state index in [1.807, 2.05) is 18.2 Å². The van der Waals surface area contributed by atoms with Crippen LogP contribution >= 0.6 is 0 Å². The lowest BCUT2D eigenvalue weighted by molar-refractivity contribution is 0.116. The topological polar surface area (TPSA) is 48.3 Å². The van der Waals surface area contributed by atoms with Crippen molar-refractivity contribution in [2.45, 2.75) is 25.4 Å². The highest BCUT2D eigenvalue weighted by molar-refractivity contribution is 5.42. The first-order chi connectivity index (χ1) is 9.81. The molecular weight excluding hydrogens is 250 g/mol. The highest BCUT2D eigenvalue weighted by Crippen LogP contribution is 2.30. The van der Waals surface area contributed by atoms with Crippen LogP contribution in [-0.2, 0) is 6.54 Å². The van der Waals surface area contributed by atoms with E-state index in [9.17, 15) is 0 Å². The monoisotopic (exact) mass is 271 g/mol. The van der Waals surface area contributed by atoms with Gasteiger partial charge in [-0.25, -0.2) is 0 Å². The van der Waals surface area contributed by atoms with Crippen LogP contribution in [0.4, 0.5) is 0 Å². The molecule has 1 aromatic rings. The molecule has 0 aromatic heterocycles. The van der Waals surface area contributed by atoms with Crippen LogP contribution in [0.25, 0.3) is 0 Å². The van der Waals surface area contributed by atoms with Crippen LogP contribution in [0.15, 0.2) is 18.2 Å². The number of methoxy groups -OCH3 is 1. The molecule has 0 bridgehead atoms. The van der Waals surface area contributed by atoms with Gasteiger partial charge in [0.1, 0.15) is 5.75 Å². The van der Waals surface area contributed by atoms with Crippen LogP contribution < -0.4 is 10.1 Å². The van der Waals surface area contributed by atoms with Crippen molar-refractivity contribution in [3.8, 4) is 11.8 Å². The van der Waals surface area contributed by atoms with Crippen molar-refractivity contribution in [1.82, 2.24) is 10.2 Å². The Morgan fingerprint density at radius 1 is 1.45 bits per heavy atom. The van der Waals surface area contributed by atoms with Crippen molar-refractivity contribution < 1.29 is 4.74 Å². The first kappa shape index (κ1) is 13.4. The number of likely N-dealkylation sites (tertiary alicyclic amines) is 1. The van der Waals surface area contributed by atoms with Gasteiger partial charge in [-0.2, -0.15) is 5.26 Å². The van der Waals surface area contributed by atoms with Crippen molar-refractivity contribution in [3.05, 3.63) is 29.3 Å². The molecule has 2 saturated heterocycles. The molecule has 2 unspecified atom stereocenters. The molecule has 106 valence electrons. The first-order valence-electron chi connectivity index (χ1n) is 7.33. The summed E-state index contributed by atoms with van der Waals surface area (Å²) in [5.41, 5.74) is 1.83. The van der Waals surface area contributed by atoms with E-state index in [0.29, 0.717) is 11.6 Å². The standard InChI is InChI=1S/C16H21N3O/c1-20-16-5-4-12(8-17)7-14(16)11-19-6-2-3-13-9-18-10-15(13)19/h4-5,7,13,15,18H,2-3,6,9-11H2,1H3. The second kappa shape index (κ2) is 5.82. The summed E-state index contributed by atoms with van der Waals surface area (Å²) in [7, 11) is 1.70. The van der Waals surface area contributed by atoms with Crippen LogP contribution in [0.2, 0.25) is 0 Å². The highest BCUT2D eigenvalue weighted by Gasteiger charge is 2.34. The van der Waals surface area contributed by atoms with E-state index in [1.54, 1.807) is 7.11 Å². The predicted octanol–water partition coefficient (Wildman–Crippen LogP) is 1.75. The molecule has 20 heavy (non-hydrogen) atoms. The van der Waals surface area contributed by atoms with Gasteiger partial charge in [0, 0.05) is 24.7 Å². The second-order valence-electron chi connectivity index (χ2n) is 5.74. The fourth-order valence-electron chi connectivity index (χ4n) is 3.55. The summed E-state index contributed by atoms with van der Waals surface area (Å²) in [6, 6.07) is 8.54. The van der Waals surface area contributed by atoms with E-state index in [1.165, 1.54) is 12.8 Å². The largest absolute Gasteiger partial charge is 0.496 e. The number of hydrogen-bond acceptors (Lipinski definition) is 4. The Morgan fingerprint density at radius 2 is 2.35 bits per heavy atom. The van der Waals surface area contributed by atoms with E-state index >= 15 is 0 Å². The minimum atomic E-state index is 0.638. The van der Waals surface area contributed by atoms with E-state index in [-0.39, 0.29) is 0 Å². The fourth-order valence-corrected chi connectivity index (χ4v) is 3.55. The molecule has 2 fully saturated rings. The van der Waals surface area contributed by atoms with Crippen LogP contribution in [0.1, 0.15) is 24.0 Å². The minimum absolute atomic E-state index is 0.638. The molecule has 4 nitrogen and oxygen atoms in total. The van der Waals surface area contributed by atoms with Gasteiger partial charge in [-0.15, -0.1) is 0 Å². The molecule has 0 aliphatic carbocycles. The van der Waals surface area contributed by atoms with Crippen LogP contribution in [-0.4, -0.2) is 37.7 Å². The zero-order valence-electron chi connectivity index (χ0n) is 11.9. The number of fused-ring (bicyclic) bond motifs is 1. The average Bonchev–Trinajstić information content (AvgIpc) is 2.96. The Hall–Kier alpha value is -1.57. The average molecular weight is 271 g/mol. The van der Waals surface area contributed by atoms with Gasteiger partial charge in [0.25, 0.3) is 0 Å². The Kier molecular flexibility index (Phi) is 3.90. The van der Waals surface area contributed by atoms with Crippen LogP contribution in [0.3, 0.4) is 0 Å². The maximum Gasteiger partial charge on any atom is 0.123 e. The van der Waals surface area contributed by atoms with Crippen LogP contribution in [0.5, 0.6) is 5.75 Å². The zero-order valence-corrected chi connectivity index (χ0v) is 11.9. The van der Waals surface area contributed by atoms with Gasteiger partial charge in [0.2, 0.25) is 0 Å². The SMILES string of the molecule is COc1ccc(C#N)cc1CN1CCCC2CNCC21. The van der Waals surface area contributed by atoms with Crippen LogP contribution in [0, 0.1) is 17.2 Å². The molecule has 1 aromatic carbocycles. The summed E-state index contributed by atoms with van der Waals surface area (Å²) in [6.07, 6.45) is 2.60. The molecule has 1 N–H and O–H groups in total.